The first kappa shape index (κ1) is 21.9. The van der Waals surface area contributed by atoms with Gasteiger partial charge in [-0.2, -0.15) is 0 Å². The molecule has 2 aromatic rings. The molecule has 1 amide bonds. The molecule has 5 aliphatic rings. The van der Waals surface area contributed by atoms with Crippen LogP contribution in [0.25, 0.3) is 0 Å². The Morgan fingerprint density at radius 1 is 1.15 bits per heavy atom. The quantitative estimate of drug-likeness (QED) is 0.650. The van der Waals surface area contributed by atoms with Gasteiger partial charge in [0.25, 0.3) is 0 Å². The summed E-state index contributed by atoms with van der Waals surface area (Å²) in [6.45, 7) is 3.79. The number of amides is 1. The van der Waals surface area contributed by atoms with Crippen molar-refractivity contribution in [3.63, 3.8) is 0 Å². The molecular formula is C26H36N5O3+. The molecule has 8 nitrogen and oxygen atoms in total. The summed E-state index contributed by atoms with van der Waals surface area (Å²) in [4.78, 5) is 14.6. The van der Waals surface area contributed by atoms with Crippen molar-refractivity contribution in [2.45, 2.75) is 70.5 Å². The maximum atomic E-state index is 13.0. The molecule has 1 aromatic carbocycles. The summed E-state index contributed by atoms with van der Waals surface area (Å²) in [6.07, 6.45) is 12.3. The minimum absolute atomic E-state index is 0.103. The van der Waals surface area contributed by atoms with E-state index in [1.807, 2.05) is 18.2 Å². The summed E-state index contributed by atoms with van der Waals surface area (Å²) in [5.74, 6) is 3.08. The van der Waals surface area contributed by atoms with E-state index in [0.717, 1.165) is 67.6 Å². The number of nitrogens with zero attached hydrogens (tertiary/aromatic N) is 3. The number of benzene rings is 1. The van der Waals surface area contributed by atoms with E-state index in [1.54, 1.807) is 4.90 Å². The van der Waals surface area contributed by atoms with Crippen LogP contribution in [0.4, 0.5) is 0 Å². The fourth-order valence-electron chi connectivity index (χ4n) is 6.62. The fourth-order valence-corrected chi connectivity index (χ4v) is 6.62. The van der Waals surface area contributed by atoms with Crippen molar-refractivity contribution in [1.82, 2.24) is 20.3 Å². The van der Waals surface area contributed by atoms with E-state index in [-0.39, 0.29) is 18.6 Å². The molecule has 34 heavy (non-hydrogen) atoms. The smallest absolute Gasteiger partial charge is 0.231 e. The van der Waals surface area contributed by atoms with Crippen LogP contribution in [0.15, 0.2) is 24.4 Å². The first-order valence-corrected chi connectivity index (χ1v) is 13.1. The van der Waals surface area contributed by atoms with Gasteiger partial charge in [0.15, 0.2) is 11.5 Å². The molecule has 4 atom stereocenters. The third-order valence-electron chi connectivity index (χ3n) is 8.51. The van der Waals surface area contributed by atoms with Crippen LogP contribution in [-0.2, 0) is 24.3 Å². The Morgan fingerprint density at radius 2 is 2.03 bits per heavy atom. The van der Waals surface area contributed by atoms with Crippen LogP contribution >= 0.6 is 0 Å². The third kappa shape index (κ3) is 4.65. The van der Waals surface area contributed by atoms with Crippen molar-refractivity contribution >= 4 is 5.91 Å². The summed E-state index contributed by atoms with van der Waals surface area (Å²) in [5.41, 5.74) is 2.19. The molecule has 0 radical (unpaired) electrons. The molecule has 8 heteroatoms. The summed E-state index contributed by atoms with van der Waals surface area (Å²) < 4.78 is 12.9. The van der Waals surface area contributed by atoms with E-state index in [2.05, 4.69) is 26.5 Å². The zero-order valence-electron chi connectivity index (χ0n) is 19.9. The maximum Gasteiger partial charge on any atom is 0.231 e. The van der Waals surface area contributed by atoms with Gasteiger partial charge in [0.05, 0.1) is 31.2 Å². The number of carbonyl (C=O) groups excluding carboxylic acids is 1. The van der Waals surface area contributed by atoms with E-state index in [9.17, 15) is 4.79 Å². The monoisotopic (exact) mass is 466 g/mol. The Bertz CT molecular complexity index is 1020. The van der Waals surface area contributed by atoms with Crippen molar-refractivity contribution < 1.29 is 19.2 Å². The Balaban J connectivity index is 1.01. The number of quaternary nitrogens is 1. The number of aromatic nitrogens is 3. The van der Waals surface area contributed by atoms with Crippen molar-refractivity contribution in [2.24, 2.45) is 17.8 Å². The predicted molar refractivity (Wildman–Crippen MR) is 125 cm³/mol. The molecule has 2 N–H and O–H groups in total. The zero-order chi connectivity index (χ0) is 22.9. The van der Waals surface area contributed by atoms with Crippen molar-refractivity contribution in [3.05, 3.63) is 35.7 Å². The second-order valence-electron chi connectivity index (χ2n) is 10.7. The molecule has 182 valence electrons. The number of piperidine rings is 3. The Kier molecular flexibility index (Phi) is 6.16. The summed E-state index contributed by atoms with van der Waals surface area (Å²) in [5, 5.41) is 12.1. The number of fused-ring (bicyclic) bond motifs is 4. The van der Waals surface area contributed by atoms with Gasteiger partial charge in [0, 0.05) is 25.6 Å². The van der Waals surface area contributed by atoms with Gasteiger partial charge in [-0.3, -0.25) is 4.79 Å². The molecule has 5 heterocycles. The van der Waals surface area contributed by atoms with E-state index in [1.165, 1.54) is 32.1 Å². The lowest BCUT2D eigenvalue weighted by Gasteiger charge is -2.46. The fraction of sp³-hybridized carbons (Fsp3) is 0.654. The number of ether oxygens (including phenoxy) is 2. The normalized spacial score (nSPS) is 28.2. The Morgan fingerprint density at radius 3 is 2.88 bits per heavy atom. The van der Waals surface area contributed by atoms with E-state index in [4.69, 9.17) is 9.47 Å². The van der Waals surface area contributed by atoms with Crippen LogP contribution in [0.1, 0.15) is 56.2 Å². The van der Waals surface area contributed by atoms with E-state index >= 15 is 0 Å². The van der Waals surface area contributed by atoms with Crippen molar-refractivity contribution in [1.29, 1.82) is 0 Å². The molecular weight excluding hydrogens is 430 g/mol. The van der Waals surface area contributed by atoms with Crippen LogP contribution in [-0.4, -0.2) is 46.8 Å². The van der Waals surface area contributed by atoms with Gasteiger partial charge in [0.1, 0.15) is 6.04 Å². The first-order chi connectivity index (χ1) is 16.7. The number of hydrogen-bond donors (Lipinski definition) is 2. The van der Waals surface area contributed by atoms with Crippen molar-refractivity contribution in [2.75, 3.05) is 19.9 Å². The molecule has 4 aliphatic heterocycles. The molecule has 2 bridgehead atoms. The second kappa shape index (κ2) is 9.56. The SMILES string of the molecule is O=C(NCc1ccc2c(c1)OCO2)[C@H]1C[NH+]2CC[C@@H]1C[C@@H]2Cn1cc(CC2CCCCC2)nn1. The summed E-state index contributed by atoms with van der Waals surface area (Å²) >= 11 is 0. The summed E-state index contributed by atoms with van der Waals surface area (Å²) in [7, 11) is 0. The highest BCUT2D eigenvalue weighted by atomic mass is 16.7. The van der Waals surface area contributed by atoms with Crippen LogP contribution < -0.4 is 19.7 Å². The number of rotatable bonds is 7. The lowest BCUT2D eigenvalue weighted by Crippen LogP contribution is -3.20. The Hall–Kier alpha value is -2.61. The van der Waals surface area contributed by atoms with Crippen molar-refractivity contribution in [3.8, 4) is 11.5 Å². The lowest BCUT2D eigenvalue weighted by atomic mass is 9.75. The molecule has 4 fully saturated rings. The largest absolute Gasteiger partial charge is 0.454 e. The first-order valence-electron chi connectivity index (χ1n) is 13.1. The second-order valence-corrected chi connectivity index (χ2v) is 10.7. The van der Waals surface area contributed by atoms with Gasteiger partial charge in [-0.15, -0.1) is 5.10 Å². The minimum Gasteiger partial charge on any atom is -0.454 e. The maximum absolute atomic E-state index is 13.0. The topological polar surface area (TPSA) is 82.7 Å². The van der Waals surface area contributed by atoms with Gasteiger partial charge < -0.3 is 19.7 Å². The lowest BCUT2D eigenvalue weighted by molar-refractivity contribution is -0.945. The Labute approximate surface area is 201 Å². The molecule has 1 unspecified atom stereocenters. The third-order valence-corrected chi connectivity index (χ3v) is 8.51. The zero-order valence-corrected chi connectivity index (χ0v) is 19.9. The van der Waals surface area contributed by atoms with Crippen LogP contribution in [0, 0.1) is 17.8 Å². The molecule has 7 rings (SSSR count). The van der Waals surface area contributed by atoms with E-state index in [0.29, 0.717) is 18.5 Å². The average Bonchev–Trinajstić information content (AvgIpc) is 3.52. The number of nitrogens with one attached hydrogen (secondary N) is 2. The molecule has 1 saturated carbocycles. The average molecular weight is 467 g/mol. The van der Waals surface area contributed by atoms with Gasteiger partial charge in [-0.25, -0.2) is 4.68 Å². The predicted octanol–water partition coefficient (Wildman–Crippen LogP) is 1.74. The highest BCUT2D eigenvalue weighted by Crippen LogP contribution is 2.33. The standard InChI is InChI=1S/C26H35N5O3/c32-26(27-13-19-6-7-24-25(11-19)34-17-33-24)23-16-30-9-8-20(23)12-22(30)15-31-14-21(28-29-31)10-18-4-2-1-3-5-18/h6-7,11,14,18,20,22-23H,1-5,8-10,12-13,15-17H2,(H,27,32)/p+1/t20-,22-,23+/m1/s1. The summed E-state index contributed by atoms with van der Waals surface area (Å²) in [6, 6.07) is 6.39. The minimum atomic E-state index is 0.103. The molecule has 0 spiro atoms. The van der Waals surface area contributed by atoms with Gasteiger partial charge in [-0.1, -0.05) is 43.4 Å². The highest BCUT2D eigenvalue weighted by molar-refractivity contribution is 5.79. The van der Waals surface area contributed by atoms with Crippen LogP contribution in [0.3, 0.4) is 0 Å². The number of carbonyl (C=O) groups is 1. The van der Waals surface area contributed by atoms with Gasteiger partial charge >= 0.3 is 0 Å². The van der Waals surface area contributed by atoms with Gasteiger partial charge in [-0.05, 0) is 36.0 Å². The highest BCUT2D eigenvalue weighted by Gasteiger charge is 2.46. The number of hydrogen-bond acceptors (Lipinski definition) is 5. The van der Waals surface area contributed by atoms with E-state index < -0.39 is 0 Å². The van der Waals surface area contributed by atoms with Crippen LogP contribution in [0.5, 0.6) is 11.5 Å². The molecule has 1 aromatic heterocycles. The van der Waals surface area contributed by atoms with Gasteiger partial charge in [0.2, 0.25) is 12.7 Å². The van der Waals surface area contributed by atoms with Crippen LogP contribution in [0.2, 0.25) is 0 Å². The molecule has 1 aliphatic carbocycles. The molecule has 3 saturated heterocycles.